The largest absolute Gasteiger partial charge is 0.389 e. The first kappa shape index (κ1) is 14.9. The minimum Gasteiger partial charge on any atom is -0.389 e. The maximum absolute atomic E-state index is 10.8. The topological polar surface area (TPSA) is 36.4 Å². The highest BCUT2D eigenvalue weighted by atomic mass is 79.9. The summed E-state index contributed by atoms with van der Waals surface area (Å²) in [5, 5.41) is 10.8. The van der Waals surface area contributed by atoms with Crippen LogP contribution in [0.15, 0.2) is 22.8 Å². The second-order valence-electron chi connectivity index (χ2n) is 5.56. The van der Waals surface area contributed by atoms with Gasteiger partial charge in [0.1, 0.15) is 0 Å². The highest BCUT2D eigenvalue weighted by Gasteiger charge is 2.30. The van der Waals surface area contributed by atoms with Crippen LogP contribution in [0.5, 0.6) is 0 Å². The average molecular weight is 327 g/mol. The number of halogens is 1. The molecule has 2 rings (SSSR count). The smallest absolute Gasteiger partial charge is 0.0715 e. The number of nitrogens with zero attached hydrogens (tertiary/aromatic N) is 2. The van der Waals surface area contributed by atoms with Crippen molar-refractivity contribution in [1.82, 2.24) is 9.88 Å². The Kier molecular flexibility index (Phi) is 5.37. The van der Waals surface area contributed by atoms with Crippen molar-refractivity contribution in [3.63, 3.8) is 0 Å². The molecule has 0 spiro atoms. The second kappa shape index (κ2) is 6.82. The van der Waals surface area contributed by atoms with Crippen molar-refractivity contribution in [2.24, 2.45) is 0 Å². The van der Waals surface area contributed by atoms with Crippen LogP contribution in [0.3, 0.4) is 0 Å². The van der Waals surface area contributed by atoms with Gasteiger partial charge in [0.2, 0.25) is 0 Å². The number of hydrogen-bond acceptors (Lipinski definition) is 3. The van der Waals surface area contributed by atoms with Crippen molar-refractivity contribution in [2.45, 2.75) is 44.6 Å². The van der Waals surface area contributed by atoms with E-state index in [4.69, 9.17) is 0 Å². The molecule has 19 heavy (non-hydrogen) atoms. The molecule has 1 aliphatic heterocycles. The average Bonchev–Trinajstić information content (AvgIpc) is 2.56. The van der Waals surface area contributed by atoms with Gasteiger partial charge < -0.3 is 10.0 Å². The van der Waals surface area contributed by atoms with E-state index < -0.39 is 5.60 Å². The van der Waals surface area contributed by atoms with Crippen LogP contribution in [0.4, 0.5) is 0 Å². The molecule has 0 aliphatic carbocycles. The molecule has 1 unspecified atom stereocenters. The van der Waals surface area contributed by atoms with Crippen molar-refractivity contribution < 1.29 is 5.11 Å². The van der Waals surface area contributed by atoms with Crippen LogP contribution in [-0.4, -0.2) is 40.2 Å². The van der Waals surface area contributed by atoms with Crippen LogP contribution in [0.2, 0.25) is 0 Å². The maximum Gasteiger partial charge on any atom is 0.0715 e. The van der Waals surface area contributed by atoms with E-state index >= 15 is 0 Å². The molecule has 1 aromatic rings. The molecule has 1 N–H and O–H groups in total. The van der Waals surface area contributed by atoms with Crippen molar-refractivity contribution in [3.05, 3.63) is 28.5 Å². The molecule has 0 amide bonds. The van der Waals surface area contributed by atoms with Gasteiger partial charge in [-0.2, -0.15) is 0 Å². The molecule has 0 aromatic carbocycles. The van der Waals surface area contributed by atoms with Crippen molar-refractivity contribution in [2.75, 3.05) is 19.6 Å². The molecule has 1 atom stereocenters. The number of likely N-dealkylation sites (tertiary alicyclic amines) is 1. The van der Waals surface area contributed by atoms with Gasteiger partial charge in [-0.05, 0) is 66.8 Å². The first-order valence-corrected chi connectivity index (χ1v) is 7.96. The van der Waals surface area contributed by atoms with E-state index in [1.807, 2.05) is 12.1 Å². The number of aromatic nitrogens is 1. The Morgan fingerprint density at radius 2 is 2.21 bits per heavy atom. The number of aliphatic hydroxyl groups is 1. The zero-order chi connectivity index (χ0) is 13.7. The molecule has 1 aromatic heterocycles. The molecule has 1 saturated heterocycles. The van der Waals surface area contributed by atoms with E-state index in [-0.39, 0.29) is 0 Å². The Balaban J connectivity index is 1.96. The minimum atomic E-state index is -0.580. The van der Waals surface area contributed by atoms with Crippen LogP contribution in [-0.2, 0) is 6.42 Å². The molecular formula is C15H23BrN2O. The van der Waals surface area contributed by atoms with E-state index in [0.29, 0.717) is 6.42 Å². The molecular weight excluding hydrogens is 304 g/mol. The molecule has 0 saturated carbocycles. The Bertz CT molecular complexity index is 396. The lowest BCUT2D eigenvalue weighted by Gasteiger charge is -2.26. The number of pyridine rings is 1. The lowest BCUT2D eigenvalue weighted by molar-refractivity contribution is 0.0248. The van der Waals surface area contributed by atoms with Crippen molar-refractivity contribution in [1.29, 1.82) is 0 Å². The molecule has 2 heterocycles. The molecule has 4 heteroatoms. The predicted octanol–water partition coefficient (Wildman–Crippen LogP) is 3.01. The van der Waals surface area contributed by atoms with E-state index in [9.17, 15) is 5.11 Å². The van der Waals surface area contributed by atoms with Crippen molar-refractivity contribution >= 4 is 15.9 Å². The number of rotatable bonds is 4. The normalized spacial score (nSPS) is 25.2. The summed E-state index contributed by atoms with van der Waals surface area (Å²) in [6.45, 7) is 5.47. The Hall–Kier alpha value is -0.450. The first-order valence-electron chi connectivity index (χ1n) is 7.16. The van der Waals surface area contributed by atoms with Crippen LogP contribution >= 0.6 is 15.9 Å². The standard InChI is InChI=1S/C15H23BrN2O/c1-2-8-18-9-3-6-15(19,7-10-18)11-14-5-4-13(16)12-17-14/h4-5,12,19H,2-3,6-11H2,1H3. The minimum absolute atomic E-state index is 0.580. The van der Waals surface area contributed by atoms with E-state index in [1.54, 1.807) is 6.20 Å². The molecule has 1 aliphatic rings. The Morgan fingerprint density at radius 3 is 2.89 bits per heavy atom. The van der Waals surface area contributed by atoms with Gasteiger partial charge in [0, 0.05) is 29.3 Å². The highest BCUT2D eigenvalue weighted by Crippen LogP contribution is 2.26. The van der Waals surface area contributed by atoms with E-state index in [0.717, 1.165) is 49.1 Å². The fourth-order valence-corrected chi connectivity index (χ4v) is 3.03. The van der Waals surface area contributed by atoms with Gasteiger partial charge in [0.15, 0.2) is 0 Å². The summed E-state index contributed by atoms with van der Waals surface area (Å²) in [6.07, 6.45) is 6.47. The fraction of sp³-hybridized carbons (Fsp3) is 0.667. The summed E-state index contributed by atoms with van der Waals surface area (Å²) >= 11 is 3.39. The van der Waals surface area contributed by atoms with Crippen molar-refractivity contribution in [3.8, 4) is 0 Å². The second-order valence-corrected chi connectivity index (χ2v) is 6.48. The lowest BCUT2D eigenvalue weighted by Crippen LogP contribution is -2.33. The molecule has 3 nitrogen and oxygen atoms in total. The maximum atomic E-state index is 10.8. The van der Waals surface area contributed by atoms with Crippen LogP contribution in [0.25, 0.3) is 0 Å². The van der Waals surface area contributed by atoms with Gasteiger partial charge in [-0.15, -0.1) is 0 Å². The third kappa shape index (κ3) is 4.55. The summed E-state index contributed by atoms with van der Waals surface area (Å²) in [6, 6.07) is 3.99. The Labute approximate surface area is 124 Å². The predicted molar refractivity (Wildman–Crippen MR) is 81.2 cm³/mol. The van der Waals surface area contributed by atoms with Gasteiger partial charge >= 0.3 is 0 Å². The fourth-order valence-electron chi connectivity index (χ4n) is 2.80. The summed E-state index contributed by atoms with van der Waals surface area (Å²) in [5.74, 6) is 0. The molecule has 106 valence electrons. The third-order valence-electron chi connectivity index (χ3n) is 3.85. The SMILES string of the molecule is CCCN1CCCC(O)(Cc2ccc(Br)cn2)CC1. The summed E-state index contributed by atoms with van der Waals surface area (Å²) < 4.78 is 0.984. The molecule has 0 bridgehead atoms. The van der Waals surface area contributed by atoms with Gasteiger partial charge in [-0.1, -0.05) is 6.92 Å². The van der Waals surface area contributed by atoms with Crippen LogP contribution < -0.4 is 0 Å². The zero-order valence-corrected chi connectivity index (χ0v) is 13.2. The molecule has 0 radical (unpaired) electrons. The number of hydrogen-bond donors (Lipinski definition) is 1. The van der Waals surface area contributed by atoms with Crippen LogP contribution in [0, 0.1) is 0 Å². The van der Waals surface area contributed by atoms with Crippen LogP contribution in [0.1, 0.15) is 38.3 Å². The first-order chi connectivity index (χ1) is 9.11. The van der Waals surface area contributed by atoms with Gasteiger partial charge in [0.05, 0.1) is 5.60 Å². The zero-order valence-electron chi connectivity index (χ0n) is 11.6. The molecule has 1 fully saturated rings. The Morgan fingerprint density at radius 1 is 1.37 bits per heavy atom. The van der Waals surface area contributed by atoms with Gasteiger partial charge in [-0.3, -0.25) is 4.98 Å². The summed E-state index contributed by atoms with van der Waals surface area (Å²) in [7, 11) is 0. The quantitative estimate of drug-likeness (QED) is 0.923. The lowest BCUT2D eigenvalue weighted by atomic mass is 9.89. The van der Waals surface area contributed by atoms with Gasteiger partial charge in [-0.25, -0.2) is 0 Å². The summed E-state index contributed by atoms with van der Waals surface area (Å²) in [5.41, 5.74) is 0.401. The highest BCUT2D eigenvalue weighted by molar-refractivity contribution is 9.10. The van der Waals surface area contributed by atoms with Gasteiger partial charge in [0.25, 0.3) is 0 Å². The van der Waals surface area contributed by atoms with E-state index in [2.05, 4.69) is 32.7 Å². The monoisotopic (exact) mass is 326 g/mol. The summed E-state index contributed by atoms with van der Waals surface area (Å²) in [4.78, 5) is 6.85. The third-order valence-corrected chi connectivity index (χ3v) is 4.32. The van der Waals surface area contributed by atoms with E-state index in [1.165, 1.54) is 6.42 Å².